The molecule has 1 amide bonds. The van der Waals surface area contributed by atoms with Crippen LogP contribution in [0.1, 0.15) is 18.4 Å². The standard InChI is InChI=1S/C19H22N4O3/c24-18(14-15-4-2-1-3-5-15)20-16-6-7-17(22-21-16)23-10-8-19(9-11-23)25-12-13-26-19/h1-7H,8-14H2,(H,20,21,24). The van der Waals surface area contributed by atoms with E-state index < -0.39 is 5.79 Å². The van der Waals surface area contributed by atoms with Crippen LogP contribution in [0.3, 0.4) is 0 Å². The predicted octanol–water partition coefficient (Wildman–Crippen LogP) is 2.00. The van der Waals surface area contributed by atoms with E-state index in [-0.39, 0.29) is 5.91 Å². The maximum Gasteiger partial charge on any atom is 0.229 e. The maximum absolute atomic E-state index is 12.1. The van der Waals surface area contributed by atoms with E-state index in [0.29, 0.717) is 25.5 Å². The van der Waals surface area contributed by atoms with Crippen molar-refractivity contribution in [3.8, 4) is 0 Å². The van der Waals surface area contributed by atoms with Crippen molar-refractivity contribution < 1.29 is 14.3 Å². The number of hydrogen-bond donors (Lipinski definition) is 1. The first-order chi connectivity index (χ1) is 12.7. The normalized spacial score (nSPS) is 18.8. The minimum Gasteiger partial charge on any atom is -0.355 e. The molecule has 4 rings (SSSR count). The number of hydrogen-bond acceptors (Lipinski definition) is 6. The molecule has 1 N–H and O–H groups in total. The molecule has 2 aliphatic rings. The molecule has 0 radical (unpaired) electrons. The van der Waals surface area contributed by atoms with Crippen molar-refractivity contribution in [3.05, 3.63) is 48.0 Å². The van der Waals surface area contributed by atoms with Gasteiger partial charge in [0.1, 0.15) is 0 Å². The molecule has 1 spiro atoms. The van der Waals surface area contributed by atoms with E-state index >= 15 is 0 Å². The van der Waals surface area contributed by atoms with E-state index in [1.165, 1.54) is 0 Å². The Labute approximate surface area is 152 Å². The number of benzene rings is 1. The summed E-state index contributed by atoms with van der Waals surface area (Å²) in [6.07, 6.45) is 1.97. The van der Waals surface area contributed by atoms with Gasteiger partial charge in [0.2, 0.25) is 5.91 Å². The highest BCUT2D eigenvalue weighted by molar-refractivity contribution is 5.91. The SMILES string of the molecule is O=C(Cc1ccccc1)Nc1ccc(N2CCC3(CC2)OCCO3)nn1. The molecule has 1 aromatic heterocycles. The summed E-state index contributed by atoms with van der Waals surface area (Å²) in [7, 11) is 0. The zero-order chi connectivity index (χ0) is 17.8. The minimum atomic E-state index is -0.394. The van der Waals surface area contributed by atoms with Gasteiger partial charge in [0.15, 0.2) is 17.4 Å². The number of nitrogens with zero attached hydrogens (tertiary/aromatic N) is 3. The second kappa shape index (κ2) is 7.39. The van der Waals surface area contributed by atoms with E-state index in [4.69, 9.17) is 9.47 Å². The number of carbonyl (C=O) groups is 1. The lowest BCUT2D eigenvalue weighted by Gasteiger charge is -2.37. The molecule has 7 heteroatoms. The van der Waals surface area contributed by atoms with Gasteiger partial charge in [0.25, 0.3) is 0 Å². The maximum atomic E-state index is 12.1. The predicted molar refractivity (Wildman–Crippen MR) is 96.9 cm³/mol. The van der Waals surface area contributed by atoms with Crippen LogP contribution in [0.15, 0.2) is 42.5 Å². The number of nitrogens with one attached hydrogen (secondary N) is 1. The fourth-order valence-corrected chi connectivity index (χ4v) is 3.39. The van der Waals surface area contributed by atoms with E-state index in [9.17, 15) is 4.79 Å². The molecule has 2 aromatic rings. The van der Waals surface area contributed by atoms with Crippen LogP contribution in [0, 0.1) is 0 Å². The second-order valence-electron chi connectivity index (χ2n) is 6.58. The second-order valence-corrected chi connectivity index (χ2v) is 6.58. The van der Waals surface area contributed by atoms with Gasteiger partial charge in [0.05, 0.1) is 19.6 Å². The first-order valence-corrected chi connectivity index (χ1v) is 8.93. The van der Waals surface area contributed by atoms with E-state index in [1.54, 1.807) is 6.07 Å². The number of carbonyl (C=O) groups excluding carboxylic acids is 1. The Kier molecular flexibility index (Phi) is 4.81. The average Bonchev–Trinajstić information content (AvgIpc) is 3.12. The number of anilines is 2. The Morgan fingerprint density at radius 2 is 1.77 bits per heavy atom. The Bertz CT molecular complexity index is 735. The molecule has 2 aliphatic heterocycles. The van der Waals surface area contributed by atoms with Gasteiger partial charge in [-0.3, -0.25) is 4.79 Å². The van der Waals surface area contributed by atoms with Gasteiger partial charge >= 0.3 is 0 Å². The molecule has 0 atom stereocenters. The molecule has 0 saturated carbocycles. The lowest BCUT2D eigenvalue weighted by atomic mass is 10.0. The number of amides is 1. The van der Waals surface area contributed by atoms with Crippen molar-refractivity contribution in [1.29, 1.82) is 0 Å². The highest BCUT2D eigenvalue weighted by Crippen LogP contribution is 2.32. The summed E-state index contributed by atoms with van der Waals surface area (Å²) in [5.74, 6) is 0.771. The molecule has 2 saturated heterocycles. The van der Waals surface area contributed by atoms with Crippen LogP contribution in [-0.2, 0) is 20.7 Å². The Morgan fingerprint density at radius 3 is 2.42 bits per heavy atom. The van der Waals surface area contributed by atoms with Crippen molar-refractivity contribution in [3.63, 3.8) is 0 Å². The van der Waals surface area contributed by atoms with Gasteiger partial charge in [-0.05, 0) is 17.7 Å². The number of aromatic nitrogens is 2. The van der Waals surface area contributed by atoms with Gasteiger partial charge in [-0.15, -0.1) is 10.2 Å². The Hall–Kier alpha value is -2.51. The highest BCUT2D eigenvalue weighted by atomic mass is 16.7. The molecule has 0 bridgehead atoms. The highest BCUT2D eigenvalue weighted by Gasteiger charge is 2.40. The van der Waals surface area contributed by atoms with Gasteiger partial charge in [-0.1, -0.05) is 30.3 Å². The molecule has 7 nitrogen and oxygen atoms in total. The molecule has 136 valence electrons. The van der Waals surface area contributed by atoms with Gasteiger partial charge in [-0.2, -0.15) is 0 Å². The summed E-state index contributed by atoms with van der Waals surface area (Å²) >= 11 is 0. The fourth-order valence-electron chi connectivity index (χ4n) is 3.39. The van der Waals surface area contributed by atoms with Crippen molar-refractivity contribution in [1.82, 2.24) is 10.2 Å². The molecule has 1 aromatic carbocycles. The summed E-state index contributed by atoms with van der Waals surface area (Å²) in [6, 6.07) is 13.3. The van der Waals surface area contributed by atoms with Crippen LogP contribution in [0.5, 0.6) is 0 Å². The lowest BCUT2D eigenvalue weighted by molar-refractivity contribution is -0.169. The van der Waals surface area contributed by atoms with Gasteiger partial charge < -0.3 is 19.7 Å². The van der Waals surface area contributed by atoms with E-state index in [0.717, 1.165) is 37.3 Å². The first kappa shape index (κ1) is 16.9. The van der Waals surface area contributed by atoms with Gasteiger partial charge in [-0.25, -0.2) is 0 Å². The average molecular weight is 354 g/mol. The summed E-state index contributed by atoms with van der Waals surface area (Å²) in [4.78, 5) is 14.3. The van der Waals surface area contributed by atoms with Crippen molar-refractivity contribution in [2.24, 2.45) is 0 Å². The van der Waals surface area contributed by atoms with Crippen LogP contribution in [0.4, 0.5) is 11.6 Å². The zero-order valence-corrected chi connectivity index (χ0v) is 14.6. The smallest absolute Gasteiger partial charge is 0.229 e. The van der Waals surface area contributed by atoms with Crippen LogP contribution < -0.4 is 10.2 Å². The molecule has 0 aliphatic carbocycles. The first-order valence-electron chi connectivity index (χ1n) is 8.93. The van der Waals surface area contributed by atoms with Crippen LogP contribution in [0.2, 0.25) is 0 Å². The van der Waals surface area contributed by atoms with E-state index in [1.807, 2.05) is 36.4 Å². The summed E-state index contributed by atoms with van der Waals surface area (Å²) in [5.41, 5.74) is 0.966. The topological polar surface area (TPSA) is 76.6 Å². The molecule has 0 unspecified atom stereocenters. The van der Waals surface area contributed by atoms with Crippen LogP contribution in [-0.4, -0.2) is 48.2 Å². The van der Waals surface area contributed by atoms with Crippen molar-refractivity contribution in [2.75, 3.05) is 36.5 Å². The third-order valence-electron chi connectivity index (χ3n) is 4.79. The summed E-state index contributed by atoms with van der Waals surface area (Å²) in [6.45, 7) is 2.98. The van der Waals surface area contributed by atoms with Gasteiger partial charge in [0, 0.05) is 25.9 Å². The third-order valence-corrected chi connectivity index (χ3v) is 4.79. The molecule has 2 fully saturated rings. The molecular weight excluding hydrogens is 332 g/mol. The third kappa shape index (κ3) is 3.84. The summed E-state index contributed by atoms with van der Waals surface area (Å²) < 4.78 is 11.5. The largest absolute Gasteiger partial charge is 0.355 e. The fraction of sp³-hybridized carbons (Fsp3) is 0.421. The molecular formula is C19H22N4O3. The quantitative estimate of drug-likeness (QED) is 0.905. The summed E-state index contributed by atoms with van der Waals surface area (Å²) in [5, 5.41) is 11.2. The van der Waals surface area contributed by atoms with Crippen LogP contribution in [0.25, 0.3) is 0 Å². The molecule has 26 heavy (non-hydrogen) atoms. The number of piperidine rings is 1. The minimum absolute atomic E-state index is 0.103. The molecule has 3 heterocycles. The Morgan fingerprint density at radius 1 is 1.04 bits per heavy atom. The number of rotatable bonds is 4. The number of ether oxygens (including phenoxy) is 2. The monoisotopic (exact) mass is 354 g/mol. The Balaban J connectivity index is 1.31. The lowest BCUT2D eigenvalue weighted by Crippen LogP contribution is -2.45. The zero-order valence-electron chi connectivity index (χ0n) is 14.6. The van der Waals surface area contributed by atoms with Crippen molar-refractivity contribution in [2.45, 2.75) is 25.0 Å². The van der Waals surface area contributed by atoms with Crippen molar-refractivity contribution >= 4 is 17.5 Å². The van der Waals surface area contributed by atoms with Crippen LogP contribution >= 0.6 is 0 Å². The van der Waals surface area contributed by atoms with E-state index in [2.05, 4.69) is 20.4 Å².